The molecule has 1 N–H and O–H groups in total. The number of benzene rings is 4. The molecular weight excluding hydrogens is 494 g/mol. The van der Waals surface area contributed by atoms with Gasteiger partial charge < -0.3 is 19.5 Å². The second-order valence-corrected chi connectivity index (χ2v) is 10.7. The highest BCUT2D eigenvalue weighted by atomic mass is 32.2. The molecule has 0 fully saturated rings. The molecule has 2 aliphatic rings. The molecule has 5 nitrogen and oxygen atoms in total. The second kappa shape index (κ2) is 10.1. The Hall–Kier alpha value is -3.90. The van der Waals surface area contributed by atoms with Crippen molar-refractivity contribution in [1.29, 1.82) is 0 Å². The lowest BCUT2D eigenvalue weighted by Gasteiger charge is -2.30. The number of hydrogen-bond acceptors (Lipinski definition) is 6. The van der Waals surface area contributed by atoms with Crippen LogP contribution in [0.5, 0.6) is 17.2 Å². The van der Waals surface area contributed by atoms with E-state index >= 15 is 0 Å². The van der Waals surface area contributed by atoms with Crippen LogP contribution in [0.4, 0.5) is 5.69 Å². The van der Waals surface area contributed by atoms with E-state index in [0.717, 1.165) is 27.4 Å². The minimum Gasteiger partial charge on any atom is -0.493 e. The normalized spacial score (nSPS) is 18.8. The maximum absolute atomic E-state index is 14.1. The summed E-state index contributed by atoms with van der Waals surface area (Å²) in [7, 11) is 4.83. The maximum Gasteiger partial charge on any atom is 0.203 e. The number of para-hydroxylation sites is 1. The van der Waals surface area contributed by atoms with E-state index < -0.39 is 0 Å². The van der Waals surface area contributed by atoms with E-state index in [-0.39, 0.29) is 17.0 Å². The van der Waals surface area contributed by atoms with E-state index in [1.165, 1.54) is 16.3 Å². The molecule has 2 atom stereocenters. The molecule has 0 radical (unpaired) electrons. The van der Waals surface area contributed by atoms with Crippen LogP contribution < -0.4 is 19.5 Å². The molecule has 0 saturated heterocycles. The van der Waals surface area contributed by atoms with Crippen LogP contribution in [-0.4, -0.2) is 27.1 Å². The van der Waals surface area contributed by atoms with Crippen LogP contribution in [0, 0.1) is 0 Å². The number of anilines is 1. The Labute approximate surface area is 226 Å². The van der Waals surface area contributed by atoms with Crippen LogP contribution in [0.15, 0.2) is 95.0 Å². The highest BCUT2D eigenvalue weighted by molar-refractivity contribution is 8.00. The van der Waals surface area contributed by atoms with Gasteiger partial charge in [-0.25, -0.2) is 0 Å². The maximum atomic E-state index is 14.1. The average molecular weight is 524 g/mol. The Balaban J connectivity index is 1.49. The third-order valence-electron chi connectivity index (χ3n) is 7.45. The van der Waals surface area contributed by atoms with Gasteiger partial charge in [-0.2, -0.15) is 0 Å². The minimum absolute atomic E-state index is 0.0223. The summed E-state index contributed by atoms with van der Waals surface area (Å²) in [6, 6.07) is 27.0. The number of hydrogen-bond donors (Lipinski definition) is 1. The molecule has 192 valence electrons. The Morgan fingerprint density at radius 2 is 1.53 bits per heavy atom. The van der Waals surface area contributed by atoms with E-state index in [9.17, 15) is 4.79 Å². The predicted octanol–water partition coefficient (Wildman–Crippen LogP) is 7.53. The van der Waals surface area contributed by atoms with E-state index in [1.807, 2.05) is 18.2 Å². The van der Waals surface area contributed by atoms with E-state index in [1.54, 1.807) is 33.1 Å². The first-order valence-electron chi connectivity index (χ1n) is 12.7. The van der Waals surface area contributed by atoms with Crippen molar-refractivity contribution in [2.45, 2.75) is 28.9 Å². The lowest BCUT2D eigenvalue weighted by molar-refractivity contribution is -0.116. The summed E-state index contributed by atoms with van der Waals surface area (Å²) in [5.74, 6) is 1.88. The van der Waals surface area contributed by atoms with Gasteiger partial charge in [-0.1, -0.05) is 54.6 Å². The van der Waals surface area contributed by atoms with Crippen LogP contribution in [0.3, 0.4) is 0 Å². The van der Waals surface area contributed by atoms with Gasteiger partial charge in [-0.15, -0.1) is 11.8 Å². The van der Waals surface area contributed by atoms with Gasteiger partial charge in [0.15, 0.2) is 17.3 Å². The third kappa shape index (κ3) is 4.19. The summed E-state index contributed by atoms with van der Waals surface area (Å²) in [5, 5.41) is 5.92. The largest absolute Gasteiger partial charge is 0.493 e. The number of fused-ring (bicyclic) bond motifs is 2. The predicted molar refractivity (Wildman–Crippen MR) is 153 cm³/mol. The first-order valence-corrected chi connectivity index (χ1v) is 13.6. The zero-order chi connectivity index (χ0) is 26.2. The average Bonchev–Trinajstić information content (AvgIpc) is 3.13. The van der Waals surface area contributed by atoms with Gasteiger partial charge in [0.05, 0.1) is 32.3 Å². The molecule has 4 aromatic carbocycles. The topological polar surface area (TPSA) is 56.8 Å². The van der Waals surface area contributed by atoms with Crippen molar-refractivity contribution in [3.63, 3.8) is 0 Å². The number of ether oxygens (including phenoxy) is 3. The zero-order valence-electron chi connectivity index (χ0n) is 21.6. The third-order valence-corrected chi connectivity index (χ3v) is 8.79. The standard InChI is InChI=1S/C32H29NO4S/c1-35-27-17-21(18-28(36-2)31(27)37-3)20-15-25-30(26(34)16-20)32(38-29-14-7-6-13-24(29)33-25)23-12-8-10-19-9-4-5-11-22(19)23/h4-14,17-18,20,32-33H,15-16H2,1-3H3. The molecule has 0 bridgehead atoms. The Morgan fingerprint density at radius 1 is 0.816 bits per heavy atom. The summed E-state index contributed by atoms with van der Waals surface area (Å²) >= 11 is 1.75. The Bertz CT molecular complexity index is 1550. The molecule has 2 unspecified atom stereocenters. The number of methoxy groups -OCH3 is 3. The van der Waals surface area contributed by atoms with Crippen molar-refractivity contribution in [2.24, 2.45) is 0 Å². The van der Waals surface area contributed by atoms with Crippen molar-refractivity contribution in [1.82, 2.24) is 0 Å². The Kier molecular flexibility index (Phi) is 6.50. The zero-order valence-corrected chi connectivity index (χ0v) is 22.4. The number of nitrogens with one attached hydrogen (secondary N) is 1. The van der Waals surface area contributed by atoms with Crippen molar-refractivity contribution in [2.75, 3.05) is 26.6 Å². The highest BCUT2D eigenvalue weighted by Gasteiger charge is 2.37. The summed E-state index contributed by atoms with van der Waals surface area (Å²) in [6.07, 6.45) is 1.12. The lowest BCUT2D eigenvalue weighted by Crippen LogP contribution is -2.24. The van der Waals surface area contributed by atoms with Gasteiger partial charge in [0.2, 0.25) is 5.75 Å². The van der Waals surface area contributed by atoms with Gasteiger partial charge in [0.25, 0.3) is 0 Å². The molecule has 1 heterocycles. The van der Waals surface area contributed by atoms with E-state index in [4.69, 9.17) is 14.2 Å². The number of Topliss-reactive ketones (excluding diaryl/α,β-unsaturated/α-hetero) is 1. The molecule has 6 heteroatoms. The van der Waals surface area contributed by atoms with Crippen molar-refractivity contribution >= 4 is 34.0 Å². The molecule has 4 aromatic rings. The SMILES string of the molecule is COc1cc(C2CC(=O)C3=C(C2)Nc2ccccc2SC3c2cccc3ccccc23)cc(OC)c1OC. The molecule has 0 amide bonds. The first kappa shape index (κ1) is 24.4. The monoisotopic (exact) mass is 523 g/mol. The molecule has 1 aliphatic heterocycles. The number of rotatable bonds is 5. The van der Waals surface area contributed by atoms with Crippen molar-refractivity contribution < 1.29 is 19.0 Å². The van der Waals surface area contributed by atoms with E-state index in [0.29, 0.717) is 30.1 Å². The molecule has 0 aromatic heterocycles. The van der Waals surface area contributed by atoms with Crippen LogP contribution in [0.1, 0.15) is 35.1 Å². The van der Waals surface area contributed by atoms with Crippen LogP contribution in [0.2, 0.25) is 0 Å². The van der Waals surface area contributed by atoms with Gasteiger partial charge in [-0.3, -0.25) is 4.79 Å². The molecule has 0 spiro atoms. The summed E-state index contributed by atoms with van der Waals surface area (Å²) in [4.78, 5) is 15.2. The van der Waals surface area contributed by atoms with Gasteiger partial charge in [0, 0.05) is 22.6 Å². The fraction of sp³-hybridized carbons (Fsp3) is 0.219. The highest BCUT2D eigenvalue weighted by Crippen LogP contribution is 2.53. The fourth-order valence-corrected chi connectivity index (χ4v) is 7.03. The van der Waals surface area contributed by atoms with Crippen molar-refractivity contribution in [3.05, 3.63) is 101 Å². The Morgan fingerprint density at radius 3 is 2.29 bits per heavy atom. The number of allylic oxidation sites excluding steroid dienone is 1. The smallest absolute Gasteiger partial charge is 0.203 e. The number of thioether (sulfide) groups is 1. The van der Waals surface area contributed by atoms with Crippen LogP contribution >= 0.6 is 11.8 Å². The minimum atomic E-state index is -0.111. The van der Waals surface area contributed by atoms with E-state index in [2.05, 4.69) is 66.0 Å². The van der Waals surface area contributed by atoms with Crippen LogP contribution in [-0.2, 0) is 4.79 Å². The molecule has 38 heavy (non-hydrogen) atoms. The molecule has 1 aliphatic carbocycles. The van der Waals surface area contributed by atoms with Crippen LogP contribution in [0.25, 0.3) is 10.8 Å². The number of carbonyl (C=O) groups excluding carboxylic acids is 1. The first-order chi connectivity index (χ1) is 18.6. The molecule has 0 saturated carbocycles. The fourth-order valence-electron chi connectivity index (χ4n) is 5.65. The summed E-state index contributed by atoms with van der Waals surface area (Å²) in [5.41, 5.74) is 5.04. The van der Waals surface area contributed by atoms with Gasteiger partial charge in [0.1, 0.15) is 0 Å². The molecule has 6 rings (SSSR count). The van der Waals surface area contributed by atoms with Gasteiger partial charge >= 0.3 is 0 Å². The van der Waals surface area contributed by atoms with Crippen molar-refractivity contribution in [3.8, 4) is 17.2 Å². The number of carbonyl (C=O) groups is 1. The lowest BCUT2D eigenvalue weighted by atomic mass is 9.79. The second-order valence-electron chi connectivity index (χ2n) is 9.57. The summed E-state index contributed by atoms with van der Waals surface area (Å²) in [6.45, 7) is 0. The summed E-state index contributed by atoms with van der Waals surface area (Å²) < 4.78 is 16.7. The molecular formula is C32H29NO4S. The number of ketones is 1. The van der Waals surface area contributed by atoms with Gasteiger partial charge in [-0.05, 0) is 58.5 Å². The quantitative estimate of drug-likeness (QED) is 0.292.